The van der Waals surface area contributed by atoms with E-state index in [1.54, 1.807) is 0 Å². The van der Waals surface area contributed by atoms with Gasteiger partial charge in [0.1, 0.15) is 11.4 Å². The Morgan fingerprint density at radius 1 is 0.426 bits per heavy atom. The third kappa shape index (κ3) is 6.10. The second kappa shape index (κ2) is 13.4. The van der Waals surface area contributed by atoms with Crippen LogP contribution in [0.2, 0.25) is 0 Å². The zero-order valence-electron chi connectivity index (χ0n) is 29.9. The van der Waals surface area contributed by atoms with E-state index < -0.39 is 5.60 Å². The van der Waals surface area contributed by atoms with Gasteiger partial charge in [-0.2, -0.15) is 0 Å². The van der Waals surface area contributed by atoms with Crippen molar-refractivity contribution in [3.8, 4) is 84.4 Å². The van der Waals surface area contributed by atoms with Gasteiger partial charge in [0.2, 0.25) is 0 Å². The van der Waals surface area contributed by atoms with Gasteiger partial charge in [-0.05, 0) is 88.7 Å². The van der Waals surface area contributed by atoms with Crippen LogP contribution in [0.1, 0.15) is 19.4 Å². The number of hydrogen-bond donors (Lipinski definition) is 0. The highest BCUT2D eigenvalue weighted by Gasteiger charge is 2.35. The summed E-state index contributed by atoms with van der Waals surface area (Å²) in [6, 6.07) is 58.0. The molecule has 7 aromatic carbocycles. The summed E-state index contributed by atoms with van der Waals surface area (Å²) in [7, 11) is 0. The number of fused-ring (bicyclic) bond motifs is 3. The normalized spacial score (nSPS) is 12.5. The first-order valence-electron chi connectivity index (χ1n) is 18.0. The summed E-state index contributed by atoms with van der Waals surface area (Å²) in [6.45, 7) is 11.7. The molecular formula is C49H34N4O. The number of aromatic nitrogens is 3. The van der Waals surface area contributed by atoms with E-state index in [4.69, 9.17) is 26.3 Å². The Morgan fingerprint density at radius 3 is 1.50 bits per heavy atom. The minimum Gasteiger partial charge on any atom is -0.482 e. The molecule has 54 heavy (non-hydrogen) atoms. The van der Waals surface area contributed by atoms with Gasteiger partial charge < -0.3 is 4.74 Å². The highest BCUT2D eigenvalue weighted by Crippen LogP contribution is 2.50. The molecule has 0 radical (unpaired) electrons. The van der Waals surface area contributed by atoms with Gasteiger partial charge in [-0.3, -0.25) is 0 Å². The molecule has 8 aromatic rings. The molecule has 2 heterocycles. The smallest absolute Gasteiger partial charge is 0.187 e. The van der Waals surface area contributed by atoms with Crippen LogP contribution in [-0.4, -0.2) is 15.0 Å². The average Bonchev–Trinajstić information content (AvgIpc) is 3.24. The van der Waals surface area contributed by atoms with Crippen molar-refractivity contribution in [2.24, 2.45) is 0 Å². The summed E-state index contributed by atoms with van der Waals surface area (Å²) in [5, 5.41) is 0. The first-order valence-corrected chi connectivity index (χ1v) is 18.0. The van der Waals surface area contributed by atoms with Crippen LogP contribution < -0.4 is 4.74 Å². The summed E-state index contributed by atoms with van der Waals surface area (Å²) in [5.41, 5.74) is 12.0. The molecular weight excluding hydrogens is 661 g/mol. The molecule has 1 aromatic heterocycles. The summed E-state index contributed by atoms with van der Waals surface area (Å²) in [6.07, 6.45) is 0. The fourth-order valence-corrected chi connectivity index (χ4v) is 7.23. The topological polar surface area (TPSA) is 52.3 Å². The largest absolute Gasteiger partial charge is 0.482 e. The number of para-hydroxylation sites is 1. The fourth-order valence-electron chi connectivity index (χ4n) is 7.23. The maximum absolute atomic E-state index is 7.61. The van der Waals surface area contributed by atoms with Gasteiger partial charge in [-0.15, -0.1) is 0 Å². The van der Waals surface area contributed by atoms with E-state index in [1.807, 2.05) is 74.5 Å². The Morgan fingerprint density at radius 2 is 0.907 bits per heavy atom. The van der Waals surface area contributed by atoms with Crippen molar-refractivity contribution in [2.75, 3.05) is 0 Å². The first-order chi connectivity index (χ1) is 26.4. The lowest BCUT2D eigenvalue weighted by Gasteiger charge is -2.36. The molecule has 0 atom stereocenters. The lowest BCUT2D eigenvalue weighted by Crippen LogP contribution is -2.29. The number of benzene rings is 7. The standard InChI is InChI=1S/C49H34N4O/c1-49(2)44-31-40(50-3)26-27-41(44)42-20-13-21-43(45(42)54-49)48-52-46(36-24-22-35(23-25-36)32-14-7-4-8-15-32)51-47(53-48)39-29-37(33-16-9-5-10-17-33)28-38(30-39)34-18-11-6-12-19-34/h4-31H,1-2H3. The zero-order valence-corrected chi connectivity index (χ0v) is 29.9. The minimum atomic E-state index is -0.695. The molecule has 0 spiro atoms. The summed E-state index contributed by atoms with van der Waals surface area (Å²) < 4.78 is 6.84. The number of nitrogens with zero attached hydrogens (tertiary/aromatic N) is 4. The monoisotopic (exact) mass is 694 g/mol. The highest BCUT2D eigenvalue weighted by atomic mass is 16.5. The summed E-state index contributed by atoms with van der Waals surface area (Å²) in [5.74, 6) is 2.35. The van der Waals surface area contributed by atoms with Crippen molar-refractivity contribution in [2.45, 2.75) is 19.4 Å². The van der Waals surface area contributed by atoms with Crippen molar-refractivity contribution >= 4 is 5.69 Å². The third-order valence-corrected chi connectivity index (χ3v) is 9.98. The predicted octanol–water partition coefficient (Wildman–Crippen LogP) is 12.7. The van der Waals surface area contributed by atoms with Crippen LogP contribution in [0.5, 0.6) is 5.75 Å². The van der Waals surface area contributed by atoms with Crippen LogP contribution in [0.15, 0.2) is 170 Å². The number of ether oxygens (including phenoxy) is 1. The van der Waals surface area contributed by atoms with Crippen LogP contribution in [0, 0.1) is 6.57 Å². The van der Waals surface area contributed by atoms with Gasteiger partial charge in [0.15, 0.2) is 23.2 Å². The van der Waals surface area contributed by atoms with E-state index in [2.05, 4.69) is 114 Å². The van der Waals surface area contributed by atoms with E-state index in [0.717, 1.165) is 66.8 Å². The van der Waals surface area contributed by atoms with Crippen LogP contribution in [0.3, 0.4) is 0 Å². The Bertz CT molecular complexity index is 2640. The first kappa shape index (κ1) is 32.7. The molecule has 256 valence electrons. The van der Waals surface area contributed by atoms with Crippen molar-refractivity contribution < 1.29 is 4.74 Å². The molecule has 0 saturated heterocycles. The number of rotatable bonds is 6. The van der Waals surface area contributed by atoms with Gasteiger partial charge >= 0.3 is 0 Å². The SMILES string of the molecule is [C-]#[N+]c1ccc2c(c1)C(C)(C)Oc1c(-c3nc(-c4ccc(-c5ccccc5)cc4)nc(-c4cc(-c5ccccc5)cc(-c5ccccc5)c4)n3)cccc1-2. The Balaban J connectivity index is 1.26. The van der Waals surface area contributed by atoms with Gasteiger partial charge in [-0.1, -0.05) is 140 Å². The second-order valence-corrected chi connectivity index (χ2v) is 13.9. The molecule has 0 aliphatic carbocycles. The van der Waals surface area contributed by atoms with E-state index in [9.17, 15) is 0 Å². The lowest BCUT2D eigenvalue weighted by atomic mass is 9.85. The van der Waals surface area contributed by atoms with Crippen molar-refractivity contribution in [1.29, 1.82) is 0 Å². The number of hydrogen-bond acceptors (Lipinski definition) is 4. The molecule has 9 rings (SSSR count). The molecule has 5 heteroatoms. The van der Waals surface area contributed by atoms with Crippen molar-refractivity contribution in [3.63, 3.8) is 0 Å². The Hall–Kier alpha value is -7.16. The maximum Gasteiger partial charge on any atom is 0.187 e. The van der Waals surface area contributed by atoms with E-state index in [0.29, 0.717) is 28.9 Å². The average molecular weight is 695 g/mol. The second-order valence-electron chi connectivity index (χ2n) is 13.9. The van der Waals surface area contributed by atoms with Gasteiger partial charge in [0, 0.05) is 16.7 Å². The Labute approximate surface area is 315 Å². The third-order valence-electron chi connectivity index (χ3n) is 9.98. The minimum absolute atomic E-state index is 0.516. The Kier molecular flexibility index (Phi) is 8.14. The van der Waals surface area contributed by atoms with Crippen molar-refractivity contribution in [3.05, 3.63) is 187 Å². The van der Waals surface area contributed by atoms with Crippen molar-refractivity contribution in [1.82, 2.24) is 15.0 Å². The molecule has 0 unspecified atom stereocenters. The van der Waals surface area contributed by atoms with Gasteiger partial charge in [0.25, 0.3) is 0 Å². The van der Waals surface area contributed by atoms with Crippen LogP contribution in [0.4, 0.5) is 5.69 Å². The molecule has 0 saturated carbocycles. The zero-order chi connectivity index (χ0) is 36.6. The lowest BCUT2D eigenvalue weighted by molar-refractivity contribution is 0.106. The van der Waals surface area contributed by atoms with Crippen LogP contribution in [0.25, 0.3) is 83.5 Å². The molecule has 5 nitrogen and oxygen atoms in total. The summed E-state index contributed by atoms with van der Waals surface area (Å²) >= 11 is 0. The van der Waals surface area contributed by atoms with E-state index >= 15 is 0 Å². The molecule has 1 aliphatic rings. The molecule has 0 amide bonds. The predicted molar refractivity (Wildman–Crippen MR) is 218 cm³/mol. The molecule has 0 bridgehead atoms. The summed E-state index contributed by atoms with van der Waals surface area (Å²) in [4.78, 5) is 19.3. The van der Waals surface area contributed by atoms with Crippen LogP contribution in [-0.2, 0) is 5.60 Å². The van der Waals surface area contributed by atoms with Crippen LogP contribution >= 0.6 is 0 Å². The molecule has 0 N–H and O–H groups in total. The van der Waals surface area contributed by atoms with Gasteiger partial charge in [-0.25, -0.2) is 19.8 Å². The quantitative estimate of drug-likeness (QED) is 0.163. The van der Waals surface area contributed by atoms with E-state index in [-0.39, 0.29) is 0 Å². The van der Waals surface area contributed by atoms with Gasteiger partial charge in [0.05, 0.1) is 12.1 Å². The molecule has 1 aliphatic heterocycles. The highest BCUT2D eigenvalue weighted by molar-refractivity contribution is 5.86. The fraction of sp³-hybridized carbons (Fsp3) is 0.0612. The van der Waals surface area contributed by atoms with E-state index in [1.165, 1.54) is 0 Å². The maximum atomic E-state index is 7.61. The molecule has 0 fully saturated rings.